The lowest BCUT2D eigenvalue weighted by Gasteiger charge is -2.03. The highest BCUT2D eigenvalue weighted by Crippen LogP contribution is 2.30. The van der Waals surface area contributed by atoms with Gasteiger partial charge in [-0.15, -0.1) is 5.10 Å². The minimum Gasteiger partial charge on any atom is -0.346 e. The zero-order chi connectivity index (χ0) is 13.9. The highest BCUT2D eigenvalue weighted by atomic mass is 35.5. The molecule has 1 saturated carbocycles. The van der Waals surface area contributed by atoms with Gasteiger partial charge in [-0.2, -0.15) is 0 Å². The van der Waals surface area contributed by atoms with Crippen LogP contribution in [0.5, 0.6) is 0 Å². The molecule has 1 aliphatic rings. The van der Waals surface area contributed by atoms with Gasteiger partial charge >= 0.3 is 0 Å². The molecule has 7 heteroatoms. The zero-order valence-corrected chi connectivity index (χ0v) is 11.5. The number of carbonyl (C=O) groups is 1. The number of aromatic nitrogens is 4. The fourth-order valence-corrected chi connectivity index (χ4v) is 2.10. The SMILES string of the molecule is O=C(NCc1cn(CC2CC2)nn1)c1cccnc1Cl. The summed E-state index contributed by atoms with van der Waals surface area (Å²) in [6.45, 7) is 1.24. The Balaban J connectivity index is 1.57. The Morgan fingerprint density at radius 3 is 3.10 bits per heavy atom. The van der Waals surface area contributed by atoms with Crippen molar-refractivity contribution in [1.29, 1.82) is 0 Å². The molecule has 1 N–H and O–H groups in total. The highest BCUT2D eigenvalue weighted by molar-refractivity contribution is 6.32. The second kappa shape index (κ2) is 5.58. The van der Waals surface area contributed by atoms with E-state index in [9.17, 15) is 4.79 Å². The molecule has 2 heterocycles. The summed E-state index contributed by atoms with van der Waals surface area (Å²) in [4.78, 5) is 15.8. The van der Waals surface area contributed by atoms with Crippen LogP contribution in [0.4, 0.5) is 0 Å². The average molecular weight is 292 g/mol. The topological polar surface area (TPSA) is 72.7 Å². The van der Waals surface area contributed by atoms with Crippen LogP contribution in [-0.4, -0.2) is 25.9 Å². The molecule has 0 aromatic carbocycles. The Bertz CT molecular complexity index is 623. The minimum atomic E-state index is -0.264. The van der Waals surface area contributed by atoms with Gasteiger partial charge in [0.1, 0.15) is 10.8 Å². The van der Waals surface area contributed by atoms with Crippen molar-refractivity contribution in [3.63, 3.8) is 0 Å². The van der Waals surface area contributed by atoms with E-state index in [0.717, 1.165) is 18.2 Å². The molecule has 3 rings (SSSR count). The van der Waals surface area contributed by atoms with Crippen molar-refractivity contribution >= 4 is 17.5 Å². The van der Waals surface area contributed by atoms with Crippen LogP contribution in [0.3, 0.4) is 0 Å². The fourth-order valence-electron chi connectivity index (χ4n) is 1.90. The molecule has 1 fully saturated rings. The van der Waals surface area contributed by atoms with Crippen LogP contribution in [0.25, 0.3) is 0 Å². The van der Waals surface area contributed by atoms with E-state index in [2.05, 4.69) is 20.6 Å². The molecule has 6 nitrogen and oxygen atoms in total. The predicted molar refractivity (Wildman–Crippen MR) is 73.2 cm³/mol. The third-order valence-electron chi connectivity index (χ3n) is 3.16. The molecule has 0 radical (unpaired) electrons. The molecule has 0 unspecified atom stereocenters. The van der Waals surface area contributed by atoms with Crippen molar-refractivity contribution in [2.24, 2.45) is 5.92 Å². The van der Waals surface area contributed by atoms with Crippen LogP contribution in [0.2, 0.25) is 5.15 Å². The Labute approximate surface area is 121 Å². The molecule has 0 bridgehead atoms. The minimum absolute atomic E-state index is 0.197. The third-order valence-corrected chi connectivity index (χ3v) is 3.46. The van der Waals surface area contributed by atoms with E-state index in [1.54, 1.807) is 18.3 Å². The summed E-state index contributed by atoms with van der Waals surface area (Å²) in [6.07, 6.45) is 5.95. The molecule has 0 aliphatic heterocycles. The highest BCUT2D eigenvalue weighted by Gasteiger charge is 2.22. The molecule has 0 spiro atoms. The van der Waals surface area contributed by atoms with E-state index in [4.69, 9.17) is 11.6 Å². The van der Waals surface area contributed by atoms with Gasteiger partial charge in [0, 0.05) is 12.7 Å². The summed E-state index contributed by atoms with van der Waals surface area (Å²) >= 11 is 5.87. The lowest BCUT2D eigenvalue weighted by Crippen LogP contribution is -2.23. The second-order valence-corrected chi connectivity index (χ2v) is 5.26. The summed E-state index contributed by atoms with van der Waals surface area (Å²) in [5.41, 5.74) is 1.10. The number of amides is 1. The largest absolute Gasteiger partial charge is 0.346 e. The van der Waals surface area contributed by atoms with E-state index < -0.39 is 0 Å². The number of hydrogen-bond donors (Lipinski definition) is 1. The van der Waals surface area contributed by atoms with E-state index in [0.29, 0.717) is 12.1 Å². The number of pyridine rings is 1. The van der Waals surface area contributed by atoms with Crippen LogP contribution < -0.4 is 5.32 Å². The zero-order valence-electron chi connectivity index (χ0n) is 10.8. The smallest absolute Gasteiger partial charge is 0.254 e. The van der Waals surface area contributed by atoms with E-state index in [-0.39, 0.29) is 11.1 Å². The summed E-state index contributed by atoms with van der Waals surface area (Å²) in [5, 5.41) is 11.0. The summed E-state index contributed by atoms with van der Waals surface area (Å²) in [7, 11) is 0. The molecule has 1 amide bonds. The number of nitrogens with zero attached hydrogens (tertiary/aromatic N) is 4. The average Bonchev–Trinajstić information content (AvgIpc) is 3.14. The van der Waals surface area contributed by atoms with E-state index >= 15 is 0 Å². The normalized spacial score (nSPS) is 14.2. The summed E-state index contributed by atoms with van der Waals surface area (Å²) in [5.74, 6) is 0.480. The summed E-state index contributed by atoms with van der Waals surface area (Å²) in [6, 6.07) is 3.31. The van der Waals surface area contributed by atoms with Gasteiger partial charge in [-0.1, -0.05) is 16.8 Å². The molecular formula is C13H14ClN5O. The van der Waals surface area contributed by atoms with Gasteiger partial charge in [0.05, 0.1) is 18.3 Å². The van der Waals surface area contributed by atoms with Crippen LogP contribution in [0.1, 0.15) is 28.9 Å². The van der Waals surface area contributed by atoms with Crippen molar-refractivity contribution in [1.82, 2.24) is 25.3 Å². The molecule has 0 saturated heterocycles. The molecule has 104 valence electrons. The van der Waals surface area contributed by atoms with Crippen molar-refractivity contribution < 1.29 is 4.79 Å². The van der Waals surface area contributed by atoms with Gasteiger partial charge in [-0.05, 0) is 30.9 Å². The predicted octanol–water partition coefficient (Wildman–Crippen LogP) is 1.67. The quantitative estimate of drug-likeness (QED) is 0.851. The Hall–Kier alpha value is -1.95. The van der Waals surface area contributed by atoms with Gasteiger partial charge in [-0.3, -0.25) is 9.48 Å². The van der Waals surface area contributed by atoms with Crippen LogP contribution in [0.15, 0.2) is 24.5 Å². The molecular weight excluding hydrogens is 278 g/mol. The van der Waals surface area contributed by atoms with Gasteiger partial charge in [0.15, 0.2) is 0 Å². The van der Waals surface area contributed by atoms with Gasteiger partial charge < -0.3 is 5.32 Å². The number of hydrogen-bond acceptors (Lipinski definition) is 4. The Kier molecular flexibility index (Phi) is 3.64. The first-order valence-electron chi connectivity index (χ1n) is 6.50. The fraction of sp³-hybridized carbons (Fsp3) is 0.385. The number of carbonyl (C=O) groups excluding carboxylic acids is 1. The van der Waals surface area contributed by atoms with Crippen molar-refractivity contribution in [3.05, 3.63) is 40.9 Å². The second-order valence-electron chi connectivity index (χ2n) is 4.90. The van der Waals surface area contributed by atoms with Crippen molar-refractivity contribution in [2.45, 2.75) is 25.9 Å². The molecule has 20 heavy (non-hydrogen) atoms. The van der Waals surface area contributed by atoms with Crippen LogP contribution in [-0.2, 0) is 13.1 Å². The lowest BCUT2D eigenvalue weighted by atomic mass is 10.2. The van der Waals surface area contributed by atoms with E-state index in [1.807, 2.05) is 10.9 Å². The van der Waals surface area contributed by atoms with Gasteiger partial charge in [0.2, 0.25) is 0 Å². The first-order valence-corrected chi connectivity index (χ1v) is 6.88. The maximum Gasteiger partial charge on any atom is 0.254 e. The monoisotopic (exact) mass is 291 g/mol. The first-order chi connectivity index (χ1) is 9.72. The van der Waals surface area contributed by atoms with Crippen molar-refractivity contribution in [2.75, 3.05) is 0 Å². The standard InChI is InChI=1S/C13H14ClN5O/c14-12-11(2-1-5-15-12)13(20)16-6-10-8-19(18-17-10)7-9-3-4-9/h1-2,5,8-9H,3-4,6-7H2,(H,16,20). The van der Waals surface area contributed by atoms with E-state index in [1.165, 1.54) is 12.8 Å². The molecule has 2 aromatic heterocycles. The number of nitrogens with one attached hydrogen (secondary N) is 1. The number of halogens is 1. The van der Waals surface area contributed by atoms with Gasteiger partial charge in [0.25, 0.3) is 5.91 Å². The molecule has 0 atom stereocenters. The molecule has 2 aromatic rings. The van der Waals surface area contributed by atoms with Gasteiger partial charge in [-0.25, -0.2) is 4.98 Å². The molecule has 1 aliphatic carbocycles. The maximum absolute atomic E-state index is 11.9. The summed E-state index contributed by atoms with van der Waals surface area (Å²) < 4.78 is 1.83. The maximum atomic E-state index is 11.9. The lowest BCUT2D eigenvalue weighted by molar-refractivity contribution is 0.0950. The number of rotatable bonds is 5. The van der Waals surface area contributed by atoms with Crippen LogP contribution >= 0.6 is 11.6 Å². The Morgan fingerprint density at radius 2 is 2.35 bits per heavy atom. The van der Waals surface area contributed by atoms with Crippen LogP contribution in [0, 0.1) is 5.92 Å². The Morgan fingerprint density at radius 1 is 1.50 bits per heavy atom. The third kappa shape index (κ3) is 3.14. The van der Waals surface area contributed by atoms with Crippen molar-refractivity contribution in [3.8, 4) is 0 Å². The first kappa shape index (κ1) is 13.1.